The standard InChI is InChI=1S/C10H11N3OS/c1-11-9-6-8(2-3-12-9)7-13-4-5-15-10(13)14/h2-6H,7H2,1H3,(H,11,12). The van der Waals surface area contributed by atoms with Gasteiger partial charge < -0.3 is 9.88 Å². The first-order valence-electron chi connectivity index (χ1n) is 4.56. The van der Waals surface area contributed by atoms with Gasteiger partial charge in [0.15, 0.2) is 0 Å². The highest BCUT2D eigenvalue weighted by atomic mass is 32.1. The van der Waals surface area contributed by atoms with Crippen LogP contribution < -0.4 is 10.2 Å². The lowest BCUT2D eigenvalue weighted by molar-refractivity contribution is 0.783. The Labute approximate surface area is 91.2 Å². The van der Waals surface area contributed by atoms with Crippen LogP contribution in [0.5, 0.6) is 0 Å². The molecule has 0 aliphatic carbocycles. The van der Waals surface area contributed by atoms with Gasteiger partial charge in [-0.05, 0) is 17.7 Å². The second kappa shape index (κ2) is 4.27. The molecular weight excluding hydrogens is 210 g/mol. The van der Waals surface area contributed by atoms with Gasteiger partial charge in [0, 0.05) is 24.8 Å². The van der Waals surface area contributed by atoms with Crippen LogP contribution in [0.2, 0.25) is 0 Å². The molecule has 2 aromatic heterocycles. The average molecular weight is 221 g/mol. The number of pyridine rings is 1. The van der Waals surface area contributed by atoms with E-state index in [9.17, 15) is 4.79 Å². The lowest BCUT2D eigenvalue weighted by atomic mass is 10.2. The molecule has 2 rings (SSSR count). The van der Waals surface area contributed by atoms with Crippen LogP contribution in [0.4, 0.5) is 5.82 Å². The van der Waals surface area contributed by atoms with E-state index in [1.807, 2.05) is 19.2 Å². The Kier molecular flexibility index (Phi) is 2.82. The van der Waals surface area contributed by atoms with E-state index in [1.54, 1.807) is 22.3 Å². The molecule has 2 aromatic rings. The molecule has 0 saturated heterocycles. The van der Waals surface area contributed by atoms with Gasteiger partial charge in [0.2, 0.25) is 0 Å². The number of rotatable bonds is 3. The highest BCUT2D eigenvalue weighted by Gasteiger charge is 1.99. The Bertz CT molecular complexity index is 503. The summed E-state index contributed by atoms with van der Waals surface area (Å²) in [6, 6.07) is 3.84. The molecule has 0 atom stereocenters. The number of aromatic nitrogens is 2. The maximum Gasteiger partial charge on any atom is 0.307 e. The summed E-state index contributed by atoms with van der Waals surface area (Å²) in [6.07, 6.45) is 3.53. The van der Waals surface area contributed by atoms with Crippen LogP contribution in [0.25, 0.3) is 0 Å². The minimum Gasteiger partial charge on any atom is -0.373 e. The molecule has 2 heterocycles. The van der Waals surface area contributed by atoms with Crippen LogP contribution in [0.15, 0.2) is 34.7 Å². The zero-order valence-corrected chi connectivity index (χ0v) is 9.12. The Morgan fingerprint density at radius 1 is 1.60 bits per heavy atom. The molecule has 0 aliphatic heterocycles. The first-order valence-corrected chi connectivity index (χ1v) is 5.44. The van der Waals surface area contributed by atoms with E-state index in [2.05, 4.69) is 10.3 Å². The minimum atomic E-state index is 0.0674. The number of nitrogens with one attached hydrogen (secondary N) is 1. The second-order valence-electron chi connectivity index (χ2n) is 3.10. The fourth-order valence-corrected chi connectivity index (χ4v) is 1.90. The van der Waals surface area contributed by atoms with Crippen molar-refractivity contribution in [1.82, 2.24) is 9.55 Å². The average Bonchev–Trinajstić information content (AvgIpc) is 2.65. The van der Waals surface area contributed by atoms with Crippen molar-refractivity contribution < 1.29 is 0 Å². The quantitative estimate of drug-likeness (QED) is 0.852. The summed E-state index contributed by atoms with van der Waals surface area (Å²) >= 11 is 1.21. The lowest BCUT2D eigenvalue weighted by Crippen LogP contribution is -2.12. The van der Waals surface area contributed by atoms with Crippen LogP contribution >= 0.6 is 11.3 Å². The van der Waals surface area contributed by atoms with Crippen molar-refractivity contribution >= 4 is 17.2 Å². The number of hydrogen-bond acceptors (Lipinski definition) is 4. The van der Waals surface area contributed by atoms with Gasteiger partial charge in [-0.3, -0.25) is 4.79 Å². The smallest absolute Gasteiger partial charge is 0.307 e. The summed E-state index contributed by atoms with van der Waals surface area (Å²) < 4.78 is 1.68. The SMILES string of the molecule is CNc1cc(Cn2ccsc2=O)ccn1. The molecule has 0 bridgehead atoms. The summed E-state index contributed by atoms with van der Waals surface area (Å²) in [6.45, 7) is 0.597. The number of nitrogens with zero attached hydrogens (tertiary/aromatic N) is 2. The van der Waals surface area contributed by atoms with Gasteiger partial charge in [-0.2, -0.15) is 0 Å². The van der Waals surface area contributed by atoms with E-state index in [0.717, 1.165) is 11.4 Å². The van der Waals surface area contributed by atoms with E-state index in [1.165, 1.54) is 11.3 Å². The number of hydrogen-bond donors (Lipinski definition) is 1. The van der Waals surface area contributed by atoms with Crippen LogP contribution in [0.1, 0.15) is 5.56 Å². The minimum absolute atomic E-state index is 0.0674. The first-order chi connectivity index (χ1) is 7.29. The molecule has 0 aromatic carbocycles. The molecule has 0 spiro atoms. The largest absolute Gasteiger partial charge is 0.373 e. The van der Waals surface area contributed by atoms with E-state index < -0.39 is 0 Å². The van der Waals surface area contributed by atoms with Gasteiger partial charge in [0.1, 0.15) is 5.82 Å². The van der Waals surface area contributed by atoms with Gasteiger partial charge in [-0.25, -0.2) is 4.98 Å². The summed E-state index contributed by atoms with van der Waals surface area (Å²) in [7, 11) is 1.82. The topological polar surface area (TPSA) is 46.9 Å². The van der Waals surface area contributed by atoms with Crippen LogP contribution in [0, 0.1) is 0 Å². The van der Waals surface area contributed by atoms with Crippen LogP contribution in [-0.2, 0) is 6.54 Å². The highest BCUT2D eigenvalue weighted by Crippen LogP contribution is 2.07. The Balaban J connectivity index is 2.24. The number of anilines is 1. The highest BCUT2D eigenvalue weighted by molar-refractivity contribution is 7.07. The third kappa shape index (κ3) is 2.24. The zero-order chi connectivity index (χ0) is 10.7. The fourth-order valence-electron chi connectivity index (χ4n) is 1.31. The van der Waals surface area contributed by atoms with E-state index in [-0.39, 0.29) is 4.87 Å². The molecule has 0 saturated carbocycles. The molecule has 0 aliphatic rings. The fraction of sp³-hybridized carbons (Fsp3) is 0.200. The van der Waals surface area contributed by atoms with Crippen molar-refractivity contribution in [3.63, 3.8) is 0 Å². The summed E-state index contributed by atoms with van der Waals surface area (Å²) in [5, 5.41) is 4.76. The van der Waals surface area contributed by atoms with Crippen molar-refractivity contribution in [3.05, 3.63) is 45.1 Å². The third-order valence-electron chi connectivity index (χ3n) is 2.08. The van der Waals surface area contributed by atoms with Gasteiger partial charge in [-0.1, -0.05) is 11.3 Å². The maximum atomic E-state index is 11.3. The van der Waals surface area contributed by atoms with Crippen molar-refractivity contribution in [2.75, 3.05) is 12.4 Å². The monoisotopic (exact) mass is 221 g/mol. The molecular formula is C10H11N3OS. The van der Waals surface area contributed by atoms with Crippen LogP contribution in [-0.4, -0.2) is 16.6 Å². The van der Waals surface area contributed by atoms with Gasteiger partial charge >= 0.3 is 4.87 Å². The zero-order valence-electron chi connectivity index (χ0n) is 8.30. The molecule has 15 heavy (non-hydrogen) atoms. The molecule has 1 N–H and O–H groups in total. The Morgan fingerprint density at radius 3 is 3.13 bits per heavy atom. The normalized spacial score (nSPS) is 10.2. The van der Waals surface area contributed by atoms with Gasteiger partial charge in [0.05, 0.1) is 6.54 Å². The molecule has 78 valence electrons. The van der Waals surface area contributed by atoms with Crippen molar-refractivity contribution in [2.45, 2.75) is 6.54 Å². The van der Waals surface area contributed by atoms with Crippen molar-refractivity contribution in [1.29, 1.82) is 0 Å². The Hall–Kier alpha value is -1.62. The molecule has 0 amide bonds. The van der Waals surface area contributed by atoms with E-state index >= 15 is 0 Å². The van der Waals surface area contributed by atoms with E-state index in [0.29, 0.717) is 6.54 Å². The maximum absolute atomic E-state index is 11.3. The summed E-state index contributed by atoms with van der Waals surface area (Å²) in [5.74, 6) is 0.816. The van der Waals surface area contributed by atoms with Crippen molar-refractivity contribution in [3.8, 4) is 0 Å². The lowest BCUT2D eigenvalue weighted by Gasteiger charge is -2.03. The number of thiazole rings is 1. The Morgan fingerprint density at radius 2 is 2.47 bits per heavy atom. The summed E-state index contributed by atoms with van der Waals surface area (Å²) in [5.41, 5.74) is 1.06. The van der Waals surface area contributed by atoms with Gasteiger partial charge in [0.25, 0.3) is 0 Å². The molecule has 5 heteroatoms. The molecule has 0 fully saturated rings. The third-order valence-corrected chi connectivity index (χ3v) is 2.77. The summed E-state index contributed by atoms with van der Waals surface area (Å²) in [4.78, 5) is 15.5. The molecule has 0 radical (unpaired) electrons. The van der Waals surface area contributed by atoms with Crippen LogP contribution in [0.3, 0.4) is 0 Å². The second-order valence-corrected chi connectivity index (χ2v) is 3.95. The van der Waals surface area contributed by atoms with Crippen molar-refractivity contribution in [2.24, 2.45) is 0 Å². The van der Waals surface area contributed by atoms with E-state index in [4.69, 9.17) is 0 Å². The predicted octanol–water partition coefficient (Wildman–Crippen LogP) is 1.39. The first kappa shape index (κ1) is 9.92. The predicted molar refractivity (Wildman–Crippen MR) is 61.5 cm³/mol. The molecule has 4 nitrogen and oxygen atoms in total. The van der Waals surface area contributed by atoms with Gasteiger partial charge in [-0.15, -0.1) is 0 Å². The molecule has 0 unspecified atom stereocenters.